The summed E-state index contributed by atoms with van der Waals surface area (Å²) in [5.41, 5.74) is 4.80. The lowest BCUT2D eigenvalue weighted by Crippen LogP contribution is -2.28. The third kappa shape index (κ3) is 2.88. The first kappa shape index (κ1) is 18.8. The molecule has 0 saturated carbocycles. The highest BCUT2D eigenvalue weighted by atomic mass is 127. The van der Waals surface area contributed by atoms with Gasteiger partial charge in [0, 0.05) is 25.7 Å². The van der Waals surface area contributed by atoms with Crippen molar-refractivity contribution >= 4 is 52.5 Å². The first-order valence-corrected chi connectivity index (χ1v) is 9.09. The maximum absolute atomic E-state index is 4.88. The van der Waals surface area contributed by atoms with E-state index >= 15 is 0 Å². The van der Waals surface area contributed by atoms with Gasteiger partial charge in [-0.2, -0.15) is 0 Å². The summed E-state index contributed by atoms with van der Waals surface area (Å²) in [5.74, 6) is 2.22. The Bertz CT molecular complexity index is 911. The van der Waals surface area contributed by atoms with Crippen molar-refractivity contribution in [2.75, 3.05) is 22.9 Å². The van der Waals surface area contributed by atoms with E-state index < -0.39 is 0 Å². The van der Waals surface area contributed by atoms with Gasteiger partial charge in [0.25, 0.3) is 0 Å². The van der Waals surface area contributed by atoms with Gasteiger partial charge in [0.1, 0.15) is 11.6 Å². The van der Waals surface area contributed by atoms with Crippen LogP contribution in [0.4, 0.5) is 11.4 Å². The number of fused-ring (bicyclic) bond motifs is 2. The summed E-state index contributed by atoms with van der Waals surface area (Å²) in [4.78, 5) is 9.63. The lowest BCUT2D eigenvalue weighted by Gasteiger charge is -2.23. The highest BCUT2D eigenvalue weighted by Crippen LogP contribution is 2.41. The number of hydrogen-bond donors (Lipinski definition) is 0. The highest BCUT2D eigenvalue weighted by Gasteiger charge is 2.29. The molecule has 0 amide bonds. The van der Waals surface area contributed by atoms with E-state index in [0.29, 0.717) is 0 Å². The van der Waals surface area contributed by atoms with Crippen LogP contribution in [0, 0.1) is 0 Å². The van der Waals surface area contributed by atoms with Crippen LogP contribution in [0.5, 0.6) is 0 Å². The van der Waals surface area contributed by atoms with Crippen molar-refractivity contribution < 1.29 is 0 Å². The molecule has 0 N–H and O–H groups in total. The molecule has 2 aromatic carbocycles. The fourth-order valence-electron chi connectivity index (χ4n) is 3.79. The van der Waals surface area contributed by atoms with Crippen LogP contribution in [0.1, 0.15) is 26.6 Å². The van der Waals surface area contributed by atoms with Gasteiger partial charge in [-0.15, -0.1) is 24.0 Å². The molecule has 0 aliphatic carbocycles. The summed E-state index contributed by atoms with van der Waals surface area (Å²) in [7, 11) is 0. The Kier molecular flexibility index (Phi) is 5.55. The second-order valence-electron chi connectivity index (χ2n) is 6.18. The van der Waals surface area contributed by atoms with Crippen LogP contribution >= 0.6 is 24.0 Å². The normalized spacial score (nSPS) is 13.1. The van der Waals surface area contributed by atoms with Crippen molar-refractivity contribution in [2.24, 2.45) is 0 Å². The fourth-order valence-corrected chi connectivity index (χ4v) is 3.79. The van der Waals surface area contributed by atoms with Gasteiger partial charge in [0.15, 0.2) is 0 Å². The van der Waals surface area contributed by atoms with Crippen molar-refractivity contribution in [1.82, 2.24) is 9.55 Å². The minimum Gasteiger partial charge on any atom is -0.326 e. The zero-order chi connectivity index (χ0) is 17.4. The number of para-hydroxylation sites is 4. The van der Waals surface area contributed by atoms with Gasteiger partial charge in [0.2, 0.25) is 0 Å². The lowest BCUT2D eigenvalue weighted by molar-refractivity contribution is 0.774. The number of aryl methyl sites for hydroxylation is 1. The van der Waals surface area contributed by atoms with Crippen LogP contribution in [0.3, 0.4) is 0 Å². The molecule has 0 bridgehead atoms. The summed E-state index contributed by atoms with van der Waals surface area (Å²) in [6, 6.07) is 17.0. The number of halogens is 1. The van der Waals surface area contributed by atoms with Crippen molar-refractivity contribution in [1.29, 1.82) is 0 Å². The van der Waals surface area contributed by atoms with Gasteiger partial charge in [-0.05, 0) is 45.0 Å². The molecule has 2 heterocycles. The van der Waals surface area contributed by atoms with E-state index in [1.807, 2.05) is 6.07 Å². The molecule has 4 rings (SSSR count). The highest BCUT2D eigenvalue weighted by molar-refractivity contribution is 14.0. The van der Waals surface area contributed by atoms with E-state index in [4.69, 9.17) is 4.98 Å². The molecule has 0 radical (unpaired) electrons. The molecule has 1 aliphatic heterocycles. The minimum atomic E-state index is 0. The number of hydrogen-bond acceptors (Lipinski definition) is 3. The van der Waals surface area contributed by atoms with Gasteiger partial charge in [-0.3, -0.25) is 0 Å². The van der Waals surface area contributed by atoms with Gasteiger partial charge >= 0.3 is 0 Å². The number of aromatic nitrogens is 2. The Morgan fingerprint density at radius 1 is 0.808 bits per heavy atom. The fraction of sp³-hybridized carbons (Fsp3) is 0.286. The van der Waals surface area contributed by atoms with Gasteiger partial charge < -0.3 is 14.4 Å². The smallest absolute Gasteiger partial charge is 0.137 e. The zero-order valence-corrected chi connectivity index (χ0v) is 17.8. The van der Waals surface area contributed by atoms with Crippen molar-refractivity contribution in [3.63, 3.8) is 0 Å². The molecule has 3 aromatic rings. The summed E-state index contributed by atoms with van der Waals surface area (Å²) in [6.07, 6.45) is 2.23. The molecule has 0 spiro atoms. The molecule has 0 saturated heterocycles. The molecule has 0 unspecified atom stereocenters. The third-order valence-electron chi connectivity index (χ3n) is 4.91. The summed E-state index contributed by atoms with van der Waals surface area (Å²) < 4.78 is 2.28. The summed E-state index contributed by atoms with van der Waals surface area (Å²) >= 11 is 0. The number of nitrogens with zero attached hydrogens (tertiary/aromatic N) is 4. The first-order chi connectivity index (χ1) is 12.3. The van der Waals surface area contributed by atoms with Crippen molar-refractivity contribution in [2.45, 2.75) is 27.3 Å². The van der Waals surface area contributed by atoms with Crippen LogP contribution in [-0.2, 0) is 6.54 Å². The Morgan fingerprint density at radius 2 is 1.38 bits per heavy atom. The lowest BCUT2D eigenvalue weighted by atomic mass is 10.2. The van der Waals surface area contributed by atoms with Crippen LogP contribution in [0.25, 0.3) is 17.1 Å². The van der Waals surface area contributed by atoms with Crippen LogP contribution in [-0.4, -0.2) is 22.6 Å². The molecule has 0 fully saturated rings. The average molecular weight is 460 g/mol. The second kappa shape index (κ2) is 7.70. The van der Waals surface area contributed by atoms with E-state index in [1.54, 1.807) is 0 Å². The molecule has 1 aliphatic rings. The van der Waals surface area contributed by atoms with Gasteiger partial charge in [0.05, 0.1) is 22.4 Å². The van der Waals surface area contributed by atoms with E-state index in [0.717, 1.165) is 31.0 Å². The topological polar surface area (TPSA) is 24.3 Å². The van der Waals surface area contributed by atoms with E-state index in [-0.39, 0.29) is 24.0 Å². The van der Waals surface area contributed by atoms with Crippen LogP contribution < -0.4 is 9.80 Å². The maximum atomic E-state index is 4.88. The quantitative estimate of drug-likeness (QED) is 0.492. The number of imidazole rings is 1. The Balaban J connectivity index is 0.00000196. The third-order valence-corrected chi connectivity index (χ3v) is 4.91. The van der Waals surface area contributed by atoms with Crippen LogP contribution in [0.2, 0.25) is 0 Å². The number of rotatable bonds is 4. The first-order valence-electron chi connectivity index (χ1n) is 9.09. The largest absolute Gasteiger partial charge is 0.326 e. The molecular weight excluding hydrogens is 435 g/mol. The maximum Gasteiger partial charge on any atom is 0.137 e. The molecule has 26 heavy (non-hydrogen) atoms. The second-order valence-corrected chi connectivity index (χ2v) is 6.18. The molecule has 5 heteroatoms. The average Bonchev–Trinajstić information content (AvgIpc) is 3.15. The van der Waals surface area contributed by atoms with E-state index in [2.05, 4.69) is 83.7 Å². The standard InChI is InChI=1S/C21H24N4.HI/c1-4-23-17-12-8-7-11-16(17)22-20(23)15-21-24(5-2)18-13-9-10-14-19(18)25(21)6-3;/h7-15H,4-6H2,1-3H3;1H. The number of benzene rings is 2. The Morgan fingerprint density at radius 3 is 1.96 bits per heavy atom. The molecule has 136 valence electrons. The Labute approximate surface area is 172 Å². The van der Waals surface area contributed by atoms with Crippen molar-refractivity contribution in [3.05, 3.63) is 60.2 Å². The van der Waals surface area contributed by atoms with Crippen molar-refractivity contribution in [3.8, 4) is 0 Å². The minimum absolute atomic E-state index is 0. The molecule has 1 aromatic heterocycles. The van der Waals surface area contributed by atoms with Gasteiger partial charge in [-0.25, -0.2) is 4.98 Å². The Hall–Kier alpha value is -2.02. The van der Waals surface area contributed by atoms with E-state index in [1.165, 1.54) is 22.7 Å². The van der Waals surface area contributed by atoms with E-state index in [9.17, 15) is 0 Å². The molecular formula is C21H25IN4. The molecule has 0 atom stereocenters. The predicted octanol–water partition coefficient (Wildman–Crippen LogP) is 5.34. The zero-order valence-electron chi connectivity index (χ0n) is 15.5. The van der Waals surface area contributed by atoms with Gasteiger partial charge in [-0.1, -0.05) is 24.3 Å². The SMILES string of the molecule is CCN1C(=Cc2nc3ccccc3n2CC)N(CC)c2ccccc21.I. The monoisotopic (exact) mass is 460 g/mol. The summed E-state index contributed by atoms with van der Waals surface area (Å²) in [6.45, 7) is 9.36. The number of anilines is 2. The van der Waals surface area contributed by atoms with Crippen LogP contribution in [0.15, 0.2) is 54.4 Å². The summed E-state index contributed by atoms with van der Waals surface area (Å²) in [5, 5.41) is 0. The molecule has 4 nitrogen and oxygen atoms in total. The predicted molar refractivity (Wildman–Crippen MR) is 121 cm³/mol.